The first kappa shape index (κ1) is 18.3. The molecule has 0 spiro atoms. The van der Waals surface area contributed by atoms with Gasteiger partial charge < -0.3 is 14.4 Å². The summed E-state index contributed by atoms with van der Waals surface area (Å²) in [7, 11) is 3.26. The van der Waals surface area contributed by atoms with Gasteiger partial charge in [-0.25, -0.2) is 0 Å². The summed E-state index contributed by atoms with van der Waals surface area (Å²) in [5.74, 6) is 1.60. The molecule has 0 atom stereocenters. The van der Waals surface area contributed by atoms with Gasteiger partial charge in [0.15, 0.2) is 0 Å². The first-order chi connectivity index (χ1) is 12.6. The molecule has 1 aliphatic rings. The molecule has 0 unspecified atom stereocenters. The second kappa shape index (κ2) is 8.26. The molecule has 1 fully saturated rings. The highest BCUT2D eigenvalue weighted by molar-refractivity contribution is 5.80. The number of ether oxygens (including phenoxy) is 2. The number of rotatable bonds is 8. The van der Waals surface area contributed by atoms with Crippen LogP contribution in [0.3, 0.4) is 0 Å². The Bertz CT molecular complexity index is 750. The number of carbonyl (C=O) groups excluding carboxylic acids is 1. The summed E-state index contributed by atoms with van der Waals surface area (Å²) in [6.45, 7) is 2.82. The number of hydrogen-bond acceptors (Lipinski definition) is 3. The lowest BCUT2D eigenvalue weighted by Crippen LogP contribution is -2.33. The number of amides is 1. The molecule has 4 nitrogen and oxygen atoms in total. The largest absolute Gasteiger partial charge is 0.497 e. The molecule has 26 heavy (non-hydrogen) atoms. The molecule has 1 saturated carbocycles. The van der Waals surface area contributed by atoms with Crippen LogP contribution in [-0.2, 0) is 24.2 Å². The van der Waals surface area contributed by atoms with Gasteiger partial charge in [0.1, 0.15) is 11.5 Å². The van der Waals surface area contributed by atoms with Crippen molar-refractivity contribution in [2.24, 2.45) is 0 Å². The van der Waals surface area contributed by atoms with Crippen molar-refractivity contribution >= 4 is 5.91 Å². The van der Waals surface area contributed by atoms with Crippen LogP contribution in [-0.4, -0.2) is 31.1 Å². The van der Waals surface area contributed by atoms with Gasteiger partial charge in [-0.15, -0.1) is 0 Å². The molecule has 0 N–H and O–H groups in total. The summed E-state index contributed by atoms with van der Waals surface area (Å²) < 4.78 is 10.7. The Morgan fingerprint density at radius 1 is 1.04 bits per heavy atom. The normalized spacial score (nSPS) is 13.3. The fraction of sp³-hybridized carbons (Fsp3) is 0.409. The summed E-state index contributed by atoms with van der Waals surface area (Å²) in [6, 6.07) is 14.5. The van der Waals surface area contributed by atoms with E-state index in [9.17, 15) is 4.79 Å². The summed E-state index contributed by atoms with van der Waals surface area (Å²) in [5, 5.41) is 0. The van der Waals surface area contributed by atoms with Crippen molar-refractivity contribution in [3.8, 4) is 11.5 Å². The van der Waals surface area contributed by atoms with Crippen LogP contribution in [0.15, 0.2) is 42.5 Å². The van der Waals surface area contributed by atoms with Crippen LogP contribution in [0.5, 0.6) is 11.5 Å². The first-order valence-corrected chi connectivity index (χ1v) is 9.22. The van der Waals surface area contributed by atoms with Crippen molar-refractivity contribution < 1.29 is 14.3 Å². The van der Waals surface area contributed by atoms with E-state index in [0.29, 0.717) is 19.0 Å². The number of nitrogens with zero attached hydrogens (tertiary/aromatic N) is 1. The smallest absolute Gasteiger partial charge is 0.227 e. The minimum absolute atomic E-state index is 0.138. The number of carbonyl (C=O) groups is 1. The van der Waals surface area contributed by atoms with Crippen LogP contribution in [0.4, 0.5) is 0 Å². The lowest BCUT2D eigenvalue weighted by Gasteiger charge is -2.23. The minimum Gasteiger partial charge on any atom is -0.497 e. The van der Waals surface area contributed by atoms with E-state index in [1.807, 2.05) is 23.1 Å². The van der Waals surface area contributed by atoms with E-state index in [2.05, 4.69) is 31.2 Å². The van der Waals surface area contributed by atoms with Crippen molar-refractivity contribution in [2.75, 3.05) is 14.2 Å². The molecular weight excluding hydrogens is 326 g/mol. The zero-order chi connectivity index (χ0) is 18.5. The van der Waals surface area contributed by atoms with Crippen molar-refractivity contribution in [3.05, 3.63) is 59.2 Å². The highest BCUT2D eigenvalue weighted by Gasteiger charge is 2.32. The van der Waals surface area contributed by atoms with Crippen molar-refractivity contribution in [3.63, 3.8) is 0 Å². The van der Waals surface area contributed by atoms with Crippen LogP contribution >= 0.6 is 0 Å². The lowest BCUT2D eigenvalue weighted by molar-refractivity contribution is -0.131. The maximum absolute atomic E-state index is 13.0. The van der Waals surface area contributed by atoms with Gasteiger partial charge in [-0.1, -0.05) is 31.2 Å². The summed E-state index contributed by atoms with van der Waals surface area (Å²) >= 11 is 0. The van der Waals surface area contributed by atoms with Crippen molar-refractivity contribution in [1.29, 1.82) is 0 Å². The molecule has 1 amide bonds. The SMILES string of the molecule is CCc1ccc(CN(C(=O)Cc2cc(OC)ccc2OC)C2CC2)cc1. The molecule has 2 aromatic rings. The van der Waals surface area contributed by atoms with Crippen LogP contribution in [0.2, 0.25) is 0 Å². The third-order valence-electron chi connectivity index (χ3n) is 4.92. The molecule has 138 valence electrons. The van der Waals surface area contributed by atoms with Gasteiger partial charge in [-0.05, 0) is 48.6 Å². The first-order valence-electron chi connectivity index (χ1n) is 9.22. The number of methoxy groups -OCH3 is 2. The van der Waals surface area contributed by atoms with E-state index >= 15 is 0 Å². The van der Waals surface area contributed by atoms with Crippen molar-refractivity contribution in [2.45, 2.75) is 45.2 Å². The molecule has 0 saturated heterocycles. The van der Waals surface area contributed by atoms with E-state index < -0.39 is 0 Å². The van der Waals surface area contributed by atoms with Gasteiger partial charge >= 0.3 is 0 Å². The highest BCUT2D eigenvalue weighted by atomic mass is 16.5. The molecule has 4 heteroatoms. The second-order valence-electron chi connectivity index (χ2n) is 6.78. The molecule has 0 heterocycles. The van der Waals surface area contributed by atoms with Crippen LogP contribution in [0.1, 0.15) is 36.5 Å². The molecular formula is C22H27NO3. The van der Waals surface area contributed by atoms with Gasteiger partial charge in [0.05, 0.1) is 20.6 Å². The average molecular weight is 353 g/mol. The Balaban J connectivity index is 1.75. The fourth-order valence-electron chi connectivity index (χ4n) is 3.17. The second-order valence-corrected chi connectivity index (χ2v) is 6.78. The Kier molecular flexibility index (Phi) is 5.82. The van der Waals surface area contributed by atoms with E-state index in [1.165, 1.54) is 11.1 Å². The number of aryl methyl sites for hydroxylation is 1. The zero-order valence-electron chi connectivity index (χ0n) is 15.8. The lowest BCUT2D eigenvalue weighted by atomic mass is 10.1. The molecule has 0 radical (unpaired) electrons. The monoisotopic (exact) mass is 353 g/mol. The van der Waals surface area contributed by atoms with Gasteiger partial charge in [0.25, 0.3) is 0 Å². The standard InChI is InChI=1S/C22H27NO3/c1-4-16-5-7-17(8-6-16)15-23(19-9-10-19)22(24)14-18-13-20(25-2)11-12-21(18)26-3/h5-8,11-13,19H,4,9-10,14-15H2,1-3H3. The Hall–Kier alpha value is -2.49. The topological polar surface area (TPSA) is 38.8 Å². The summed E-state index contributed by atoms with van der Waals surface area (Å²) in [4.78, 5) is 15.0. The van der Waals surface area contributed by atoms with Crippen LogP contribution in [0.25, 0.3) is 0 Å². The quantitative estimate of drug-likeness (QED) is 0.720. The minimum atomic E-state index is 0.138. The average Bonchev–Trinajstić information content (AvgIpc) is 3.51. The van der Waals surface area contributed by atoms with Crippen molar-refractivity contribution in [1.82, 2.24) is 4.90 Å². The third kappa shape index (κ3) is 4.37. The van der Waals surface area contributed by atoms with E-state index in [1.54, 1.807) is 14.2 Å². The molecule has 1 aliphatic carbocycles. The maximum Gasteiger partial charge on any atom is 0.227 e. The van der Waals surface area contributed by atoms with E-state index in [0.717, 1.165) is 36.3 Å². The molecule has 0 bridgehead atoms. The maximum atomic E-state index is 13.0. The Morgan fingerprint density at radius 2 is 1.73 bits per heavy atom. The van der Waals surface area contributed by atoms with Gasteiger partial charge in [-0.3, -0.25) is 4.79 Å². The Labute approximate surface area is 155 Å². The van der Waals surface area contributed by atoms with Gasteiger partial charge in [0.2, 0.25) is 5.91 Å². The Morgan fingerprint density at radius 3 is 2.31 bits per heavy atom. The predicted molar refractivity (Wildman–Crippen MR) is 103 cm³/mol. The molecule has 3 rings (SSSR count). The third-order valence-corrected chi connectivity index (χ3v) is 4.92. The number of hydrogen-bond donors (Lipinski definition) is 0. The summed E-state index contributed by atoms with van der Waals surface area (Å²) in [5.41, 5.74) is 3.36. The van der Waals surface area contributed by atoms with Gasteiger partial charge in [0, 0.05) is 18.2 Å². The molecule has 0 aromatic heterocycles. The predicted octanol–water partition coefficient (Wildman–Crippen LogP) is 4.00. The van der Waals surface area contributed by atoms with E-state index in [4.69, 9.17) is 9.47 Å². The summed E-state index contributed by atoms with van der Waals surface area (Å²) in [6.07, 6.45) is 3.53. The number of benzene rings is 2. The molecule has 2 aromatic carbocycles. The zero-order valence-corrected chi connectivity index (χ0v) is 15.8. The van der Waals surface area contributed by atoms with Crippen LogP contribution < -0.4 is 9.47 Å². The van der Waals surface area contributed by atoms with Crippen LogP contribution in [0, 0.1) is 0 Å². The van der Waals surface area contributed by atoms with E-state index in [-0.39, 0.29) is 5.91 Å². The highest BCUT2D eigenvalue weighted by Crippen LogP contribution is 2.31. The fourth-order valence-corrected chi connectivity index (χ4v) is 3.17. The van der Waals surface area contributed by atoms with Gasteiger partial charge in [-0.2, -0.15) is 0 Å². The molecule has 0 aliphatic heterocycles.